The smallest absolute Gasteiger partial charge is 0.166 e. The first-order valence-corrected chi connectivity index (χ1v) is 12.6. The molecule has 0 aliphatic carbocycles. The summed E-state index contributed by atoms with van der Waals surface area (Å²) in [5, 5.41) is 13.2. The zero-order valence-corrected chi connectivity index (χ0v) is 22.0. The minimum absolute atomic E-state index is 0.251. The fraction of sp³-hybridized carbons (Fsp3) is 0.231. The molecule has 0 bridgehead atoms. The first-order valence-electron chi connectivity index (χ1n) is 11.9. The Bertz CT molecular complexity index is 1640. The van der Waals surface area contributed by atoms with Crippen LogP contribution in [0, 0.1) is 5.82 Å². The van der Waals surface area contributed by atoms with Crippen LogP contribution in [0.15, 0.2) is 55.1 Å². The molecule has 0 amide bonds. The van der Waals surface area contributed by atoms with Crippen LogP contribution in [-0.4, -0.2) is 43.0 Å². The Balaban J connectivity index is 1.24. The molecule has 5 aromatic rings. The zero-order chi connectivity index (χ0) is 26.6. The van der Waals surface area contributed by atoms with Crippen LogP contribution in [0.4, 0.5) is 10.2 Å². The van der Waals surface area contributed by atoms with E-state index in [9.17, 15) is 0 Å². The molecular formula is C26H23Cl2FN8O. The lowest BCUT2D eigenvalue weighted by atomic mass is 9.87. The summed E-state index contributed by atoms with van der Waals surface area (Å²) in [4.78, 5) is 10.2. The number of fused-ring (bicyclic) bond motifs is 1. The Morgan fingerprint density at radius 1 is 1.13 bits per heavy atom. The van der Waals surface area contributed by atoms with Gasteiger partial charge in [-0.1, -0.05) is 23.2 Å². The lowest BCUT2D eigenvalue weighted by Gasteiger charge is -2.48. The van der Waals surface area contributed by atoms with Gasteiger partial charge in [0.15, 0.2) is 11.6 Å². The van der Waals surface area contributed by atoms with Gasteiger partial charge in [-0.25, -0.2) is 9.37 Å². The second-order valence-electron chi connectivity index (χ2n) is 9.44. The van der Waals surface area contributed by atoms with Crippen LogP contribution in [0.25, 0.3) is 22.2 Å². The van der Waals surface area contributed by atoms with E-state index in [4.69, 9.17) is 33.7 Å². The number of aromatic amines is 1. The number of H-pyrrole nitrogens is 1. The van der Waals surface area contributed by atoms with Gasteiger partial charge in [0.1, 0.15) is 17.5 Å². The van der Waals surface area contributed by atoms with Crippen molar-refractivity contribution in [2.45, 2.75) is 18.6 Å². The van der Waals surface area contributed by atoms with Crippen LogP contribution < -0.4 is 15.4 Å². The topological polar surface area (TPSA) is 111 Å². The van der Waals surface area contributed by atoms with Gasteiger partial charge in [-0.3, -0.25) is 14.8 Å². The van der Waals surface area contributed by atoms with Crippen LogP contribution in [0.1, 0.15) is 24.3 Å². The number of nitrogens with two attached hydrogens (primary N) is 1. The number of anilines is 1. The van der Waals surface area contributed by atoms with Crippen molar-refractivity contribution in [3.8, 4) is 17.0 Å². The van der Waals surface area contributed by atoms with Crippen molar-refractivity contribution in [1.82, 2.24) is 29.9 Å². The van der Waals surface area contributed by atoms with E-state index in [1.165, 1.54) is 18.5 Å². The van der Waals surface area contributed by atoms with Gasteiger partial charge in [-0.15, -0.1) is 0 Å². The number of rotatable bonds is 6. The molecule has 1 saturated heterocycles. The second-order valence-corrected chi connectivity index (χ2v) is 10.3. The minimum Gasteiger partial charge on any atom is -0.486 e. The molecule has 0 saturated carbocycles. The normalized spacial score (nSPS) is 15.5. The van der Waals surface area contributed by atoms with E-state index < -0.39 is 17.5 Å². The van der Waals surface area contributed by atoms with Gasteiger partial charge in [0.05, 0.1) is 26.8 Å². The van der Waals surface area contributed by atoms with Gasteiger partial charge in [0.2, 0.25) is 0 Å². The molecule has 1 aliphatic rings. The third-order valence-corrected chi connectivity index (χ3v) is 7.42. The predicted octanol–water partition coefficient (Wildman–Crippen LogP) is 5.01. The number of nitrogens with zero attached hydrogens (tertiary/aromatic N) is 6. The Labute approximate surface area is 227 Å². The summed E-state index contributed by atoms with van der Waals surface area (Å²) >= 11 is 12.6. The van der Waals surface area contributed by atoms with Crippen LogP contribution in [0.5, 0.6) is 5.75 Å². The quantitative estimate of drug-likeness (QED) is 0.304. The molecule has 0 spiro atoms. The maximum Gasteiger partial charge on any atom is 0.166 e. The lowest BCUT2D eigenvalue weighted by Crippen LogP contribution is -2.66. The standard InChI is InChI=1S/C26H23Cl2FN8O/c1-14(23-18(27)10-31-11-19(23)28)38-16-3-4-21-17(8-16)24(35-34-21)15-7-20(29)25(32-9-15)37-12-26(30,13-37)22-5-6-33-36(22)2/h3-11,14H,12-13,30H2,1-2H3,(H,34,35)/t14-/m1/s1. The fourth-order valence-electron chi connectivity index (χ4n) is 4.96. The molecule has 1 aromatic carbocycles. The van der Waals surface area contributed by atoms with Gasteiger partial charge in [-0.2, -0.15) is 10.2 Å². The van der Waals surface area contributed by atoms with Crippen LogP contribution >= 0.6 is 23.2 Å². The number of aryl methyl sites for hydroxylation is 1. The number of pyridine rings is 2. The highest BCUT2D eigenvalue weighted by Gasteiger charge is 2.44. The first kappa shape index (κ1) is 24.6. The molecule has 194 valence electrons. The maximum absolute atomic E-state index is 15.2. The molecule has 9 nitrogen and oxygen atoms in total. The lowest BCUT2D eigenvalue weighted by molar-refractivity contribution is 0.227. The average Bonchev–Trinajstić information content (AvgIpc) is 3.48. The number of hydrogen-bond donors (Lipinski definition) is 2. The van der Waals surface area contributed by atoms with Crippen molar-refractivity contribution in [3.05, 3.63) is 82.2 Å². The van der Waals surface area contributed by atoms with E-state index in [1.54, 1.807) is 17.1 Å². The highest BCUT2D eigenvalue weighted by Crippen LogP contribution is 2.37. The molecule has 38 heavy (non-hydrogen) atoms. The molecule has 0 unspecified atom stereocenters. The molecule has 12 heteroatoms. The molecule has 1 atom stereocenters. The van der Waals surface area contributed by atoms with Crippen molar-refractivity contribution in [1.29, 1.82) is 0 Å². The third-order valence-electron chi connectivity index (χ3n) is 6.82. The van der Waals surface area contributed by atoms with Crippen molar-refractivity contribution in [2.24, 2.45) is 12.8 Å². The fourth-order valence-corrected chi connectivity index (χ4v) is 5.63. The summed E-state index contributed by atoms with van der Waals surface area (Å²) in [7, 11) is 1.84. The van der Waals surface area contributed by atoms with Crippen LogP contribution in [0.2, 0.25) is 10.0 Å². The van der Waals surface area contributed by atoms with Crippen molar-refractivity contribution < 1.29 is 9.13 Å². The van der Waals surface area contributed by atoms with E-state index in [-0.39, 0.29) is 5.82 Å². The Hall–Kier alpha value is -3.73. The first-order chi connectivity index (χ1) is 18.2. The summed E-state index contributed by atoms with van der Waals surface area (Å²) in [5.74, 6) is 0.381. The van der Waals surface area contributed by atoms with E-state index >= 15 is 4.39 Å². The monoisotopic (exact) mass is 552 g/mol. The van der Waals surface area contributed by atoms with Crippen LogP contribution in [0.3, 0.4) is 0 Å². The summed E-state index contributed by atoms with van der Waals surface area (Å²) in [6.07, 6.45) is 5.94. The van der Waals surface area contributed by atoms with Gasteiger partial charge in [0.25, 0.3) is 0 Å². The van der Waals surface area contributed by atoms with E-state index in [2.05, 4.69) is 25.3 Å². The number of benzene rings is 1. The third kappa shape index (κ3) is 4.14. The van der Waals surface area contributed by atoms with E-state index in [0.717, 1.165) is 16.6 Å². The Kier molecular flexibility index (Phi) is 5.97. The largest absolute Gasteiger partial charge is 0.486 e. The molecule has 5 heterocycles. The molecule has 0 radical (unpaired) electrons. The highest BCUT2D eigenvalue weighted by molar-refractivity contribution is 6.35. The van der Waals surface area contributed by atoms with E-state index in [1.807, 2.05) is 43.1 Å². The van der Waals surface area contributed by atoms with Gasteiger partial charge in [-0.05, 0) is 37.3 Å². The SMILES string of the molecule is C[C@@H](Oc1ccc2[nH]nc(-c3cnc(N4CC(N)(c5ccnn5C)C4)c(F)c3)c2c1)c1c(Cl)cncc1Cl. The summed E-state index contributed by atoms with van der Waals surface area (Å²) < 4.78 is 23.1. The number of halogens is 3. The molecule has 1 aliphatic heterocycles. The number of hydrogen-bond acceptors (Lipinski definition) is 7. The van der Waals surface area contributed by atoms with Crippen molar-refractivity contribution in [2.75, 3.05) is 18.0 Å². The highest BCUT2D eigenvalue weighted by atomic mass is 35.5. The molecule has 4 aromatic heterocycles. The molecular weight excluding hydrogens is 530 g/mol. The Morgan fingerprint density at radius 3 is 2.58 bits per heavy atom. The molecule has 6 rings (SSSR count). The van der Waals surface area contributed by atoms with Gasteiger partial charge in [0, 0.05) is 61.4 Å². The van der Waals surface area contributed by atoms with Crippen molar-refractivity contribution >= 4 is 39.9 Å². The van der Waals surface area contributed by atoms with Gasteiger partial charge >= 0.3 is 0 Å². The van der Waals surface area contributed by atoms with E-state index in [0.29, 0.717) is 45.7 Å². The van der Waals surface area contributed by atoms with Gasteiger partial charge < -0.3 is 15.4 Å². The predicted molar refractivity (Wildman–Crippen MR) is 144 cm³/mol. The number of ether oxygens (including phenoxy) is 1. The van der Waals surface area contributed by atoms with Crippen molar-refractivity contribution in [3.63, 3.8) is 0 Å². The summed E-state index contributed by atoms with van der Waals surface area (Å²) in [5.41, 5.74) is 9.33. The number of nitrogens with one attached hydrogen (secondary N) is 1. The zero-order valence-electron chi connectivity index (χ0n) is 20.5. The molecule has 3 N–H and O–H groups in total. The minimum atomic E-state index is -0.602. The number of aromatic nitrogens is 6. The summed E-state index contributed by atoms with van der Waals surface area (Å²) in [6.45, 7) is 2.72. The molecule has 1 fully saturated rings. The maximum atomic E-state index is 15.2. The average molecular weight is 553 g/mol. The van der Waals surface area contributed by atoms with Crippen LogP contribution in [-0.2, 0) is 12.6 Å². The summed E-state index contributed by atoms with van der Waals surface area (Å²) in [6, 6.07) is 8.82. The second kappa shape index (κ2) is 9.23. The Morgan fingerprint density at radius 2 is 1.89 bits per heavy atom.